The lowest BCUT2D eigenvalue weighted by molar-refractivity contribution is -0.274. The summed E-state index contributed by atoms with van der Waals surface area (Å²) < 4.78 is 26.4. The summed E-state index contributed by atoms with van der Waals surface area (Å²) in [7, 11) is -4.97. The van der Waals surface area contributed by atoms with Crippen molar-refractivity contribution < 1.29 is 38.6 Å². The van der Waals surface area contributed by atoms with Crippen molar-refractivity contribution in [3.63, 3.8) is 0 Å². The summed E-state index contributed by atoms with van der Waals surface area (Å²) >= 11 is 0. The van der Waals surface area contributed by atoms with E-state index in [0.717, 1.165) is 16.8 Å². The quantitative estimate of drug-likeness (QED) is 0.257. The van der Waals surface area contributed by atoms with Gasteiger partial charge in [-0.3, -0.25) is 18.9 Å². The Bertz CT molecular complexity index is 822. The van der Waals surface area contributed by atoms with Crippen LogP contribution in [0.15, 0.2) is 21.9 Å². The highest BCUT2D eigenvalue weighted by molar-refractivity contribution is 7.46. The van der Waals surface area contributed by atoms with Gasteiger partial charge in [0.25, 0.3) is 5.56 Å². The first-order valence-electron chi connectivity index (χ1n) is 6.72. The molecule has 1 fully saturated rings. The molecule has 0 amide bonds. The highest BCUT2D eigenvalue weighted by Gasteiger charge is 2.57. The van der Waals surface area contributed by atoms with E-state index in [1.54, 1.807) is 0 Å². The molecule has 0 spiro atoms. The molecule has 0 aliphatic carbocycles. The van der Waals surface area contributed by atoms with Crippen LogP contribution in [0.3, 0.4) is 0 Å². The second kappa shape index (κ2) is 7.20. The molecule has 1 aliphatic rings. The summed E-state index contributed by atoms with van der Waals surface area (Å²) in [6.45, 7) is -1.45. The van der Waals surface area contributed by atoms with Crippen molar-refractivity contribution in [2.75, 3.05) is 13.2 Å². The van der Waals surface area contributed by atoms with Gasteiger partial charge in [-0.05, 0) is 0 Å². The fraction of sp³-hybridized carbons (Fsp3) is 0.500. The molecule has 13 heteroatoms. The van der Waals surface area contributed by atoms with E-state index in [1.165, 1.54) is 0 Å². The third kappa shape index (κ3) is 4.24. The van der Waals surface area contributed by atoms with Gasteiger partial charge in [-0.25, -0.2) is 9.36 Å². The lowest BCUT2D eigenvalue weighted by Gasteiger charge is -2.30. The molecule has 12 nitrogen and oxygen atoms in total. The second-order valence-corrected chi connectivity index (χ2v) is 6.27. The molecule has 4 atom stereocenters. The van der Waals surface area contributed by atoms with E-state index in [1.807, 2.05) is 4.98 Å². The third-order valence-corrected chi connectivity index (χ3v) is 3.81. The molecule has 1 aromatic heterocycles. The van der Waals surface area contributed by atoms with E-state index in [0.29, 0.717) is 0 Å². The smallest absolute Gasteiger partial charge is 0.385 e. The van der Waals surface area contributed by atoms with Crippen molar-refractivity contribution in [1.29, 1.82) is 0 Å². The van der Waals surface area contributed by atoms with E-state index < -0.39 is 56.5 Å². The highest BCUT2D eigenvalue weighted by atomic mass is 31.2. The van der Waals surface area contributed by atoms with Crippen LogP contribution in [0.2, 0.25) is 0 Å². The minimum absolute atomic E-state index is 0.457. The van der Waals surface area contributed by atoms with Crippen LogP contribution in [0.25, 0.3) is 0 Å². The largest absolute Gasteiger partial charge is 0.469 e. The van der Waals surface area contributed by atoms with E-state index >= 15 is 0 Å². The van der Waals surface area contributed by atoms with Gasteiger partial charge in [0.05, 0.1) is 0 Å². The monoisotopic (exact) mass is 378 g/mol. The molecule has 1 aromatic rings. The molecule has 0 aromatic carbocycles. The van der Waals surface area contributed by atoms with Crippen LogP contribution >= 0.6 is 7.82 Å². The molecule has 5 N–H and O–H groups in total. The number of nitrogens with one attached hydrogen (secondary N) is 1. The molecule has 1 saturated heterocycles. The molecule has 2 heterocycles. The van der Waals surface area contributed by atoms with Crippen LogP contribution in [-0.4, -0.2) is 60.8 Å². The van der Waals surface area contributed by atoms with Crippen LogP contribution in [0.4, 0.5) is 0 Å². The maximum atomic E-state index is 11.8. The average molecular weight is 378 g/mol. The first-order valence-corrected chi connectivity index (χ1v) is 8.25. The number of ether oxygens (including phenoxy) is 2. The average Bonchev–Trinajstić information content (AvgIpc) is 2.76. The van der Waals surface area contributed by atoms with Crippen molar-refractivity contribution in [1.82, 2.24) is 9.55 Å². The number of aliphatic hydroxyl groups is 2. The molecule has 25 heavy (non-hydrogen) atoms. The molecular formula is C12H15N2O10P. The third-order valence-electron chi connectivity index (χ3n) is 3.35. The van der Waals surface area contributed by atoms with Gasteiger partial charge in [0.1, 0.15) is 25.4 Å². The Morgan fingerprint density at radius 3 is 2.68 bits per heavy atom. The van der Waals surface area contributed by atoms with Crippen LogP contribution in [-0.2, 0) is 18.6 Å². The summed E-state index contributed by atoms with van der Waals surface area (Å²) in [5, 5.41) is 20.4. The zero-order valence-electron chi connectivity index (χ0n) is 12.5. The molecule has 1 aliphatic heterocycles. The second-order valence-electron chi connectivity index (χ2n) is 5.03. The topological polar surface area (TPSA) is 181 Å². The lowest BCUT2D eigenvalue weighted by atomic mass is 10.1. The number of aromatic nitrogens is 2. The van der Waals surface area contributed by atoms with Gasteiger partial charge in [-0.2, -0.15) is 0 Å². The van der Waals surface area contributed by atoms with Crippen molar-refractivity contribution in [3.8, 4) is 12.3 Å². The number of aliphatic hydroxyl groups excluding tert-OH is 2. The summed E-state index contributed by atoms with van der Waals surface area (Å²) in [4.78, 5) is 42.5. The number of aromatic amines is 1. The zero-order valence-corrected chi connectivity index (χ0v) is 13.4. The van der Waals surface area contributed by atoms with Gasteiger partial charge < -0.3 is 29.5 Å². The van der Waals surface area contributed by atoms with Gasteiger partial charge in [0.15, 0.2) is 6.23 Å². The summed E-state index contributed by atoms with van der Waals surface area (Å²) in [6.07, 6.45) is 0.868. The van der Waals surface area contributed by atoms with Crippen molar-refractivity contribution >= 4 is 7.82 Å². The fourth-order valence-electron chi connectivity index (χ4n) is 2.23. The van der Waals surface area contributed by atoms with E-state index in [2.05, 4.69) is 10.4 Å². The summed E-state index contributed by atoms with van der Waals surface area (Å²) in [5.41, 5.74) is -1.65. The predicted molar refractivity (Wildman–Crippen MR) is 79.0 cm³/mol. The van der Waals surface area contributed by atoms with Gasteiger partial charge >= 0.3 is 13.5 Å². The number of nitrogens with zero attached hydrogens (tertiary/aromatic N) is 1. The number of phosphoric ester groups is 1. The normalized spacial score (nSPS) is 29.5. The van der Waals surface area contributed by atoms with E-state index in [-0.39, 0.29) is 0 Å². The van der Waals surface area contributed by atoms with Crippen LogP contribution in [0, 0.1) is 12.3 Å². The minimum Gasteiger partial charge on any atom is -0.385 e. The molecule has 138 valence electrons. The van der Waals surface area contributed by atoms with Crippen LogP contribution < -0.4 is 11.2 Å². The Morgan fingerprint density at radius 2 is 2.12 bits per heavy atom. The standard InChI is InChI=1S/C12H15N2O10P/c1-2-5-22-12(6-23-25(19,20)21)9(17)8(16)10(24-12)14-4-3-7(15)13-11(14)18/h1,3-4,8-10,16-17H,5-6H2,(H,13,15,18)(H2,19,20,21)/t8-,9+,10-,12-/m1/s1. The fourth-order valence-corrected chi connectivity index (χ4v) is 2.58. The van der Waals surface area contributed by atoms with Crippen molar-refractivity contribution in [2.45, 2.75) is 24.2 Å². The lowest BCUT2D eigenvalue weighted by Crippen LogP contribution is -2.49. The predicted octanol–water partition coefficient (Wildman–Crippen LogP) is -2.76. The highest BCUT2D eigenvalue weighted by Crippen LogP contribution is 2.43. The first-order chi connectivity index (χ1) is 11.6. The summed E-state index contributed by atoms with van der Waals surface area (Å²) in [5.74, 6) is -0.192. The van der Waals surface area contributed by atoms with Crippen LogP contribution in [0.1, 0.15) is 6.23 Å². The maximum absolute atomic E-state index is 11.8. The molecule has 0 radical (unpaired) electrons. The van der Waals surface area contributed by atoms with Gasteiger partial charge in [-0.1, -0.05) is 5.92 Å². The zero-order chi connectivity index (χ0) is 18.8. The van der Waals surface area contributed by atoms with Crippen LogP contribution in [0.5, 0.6) is 0 Å². The Hall–Kier alpha value is -1.81. The number of terminal acetylenes is 1. The number of hydrogen-bond acceptors (Lipinski definition) is 8. The number of hydrogen-bond donors (Lipinski definition) is 5. The first kappa shape index (κ1) is 19.5. The number of phosphoric acid groups is 1. The van der Waals surface area contributed by atoms with Gasteiger partial charge in [0, 0.05) is 12.3 Å². The Kier molecular flexibility index (Phi) is 5.62. The Labute approximate surface area is 139 Å². The minimum atomic E-state index is -4.97. The SMILES string of the molecule is C#CCO[C@]1(COP(=O)(O)O)O[C@@H](n2ccc(=O)[nH]c2=O)[C@H](O)[C@@H]1O. The molecule has 0 bridgehead atoms. The Morgan fingerprint density at radius 1 is 1.44 bits per heavy atom. The molecular weight excluding hydrogens is 363 g/mol. The number of rotatable bonds is 6. The maximum Gasteiger partial charge on any atom is 0.469 e. The van der Waals surface area contributed by atoms with Gasteiger partial charge in [-0.15, -0.1) is 6.42 Å². The van der Waals surface area contributed by atoms with E-state index in [4.69, 9.17) is 25.7 Å². The molecule has 2 rings (SSSR count). The summed E-state index contributed by atoms with van der Waals surface area (Å²) in [6, 6.07) is 0.971. The van der Waals surface area contributed by atoms with Crippen molar-refractivity contribution in [3.05, 3.63) is 33.1 Å². The van der Waals surface area contributed by atoms with E-state index in [9.17, 15) is 24.4 Å². The van der Waals surface area contributed by atoms with Crippen molar-refractivity contribution in [2.24, 2.45) is 0 Å². The van der Waals surface area contributed by atoms with Gasteiger partial charge in [0.2, 0.25) is 5.79 Å². The molecule has 0 saturated carbocycles. The Balaban J connectivity index is 2.37. The molecule has 0 unspecified atom stereocenters. The number of H-pyrrole nitrogens is 1.